The number of nitrogens with one attached hydrogen (secondary N) is 1. The molecule has 0 atom stereocenters. The highest BCUT2D eigenvalue weighted by Gasteiger charge is 2.13. The number of fused-ring (bicyclic) bond motifs is 1. The second-order valence-corrected chi connectivity index (χ2v) is 4.95. The van der Waals surface area contributed by atoms with Crippen molar-refractivity contribution in [1.82, 2.24) is 25.1 Å². The zero-order valence-corrected chi connectivity index (χ0v) is 11.4. The molecule has 0 saturated heterocycles. The van der Waals surface area contributed by atoms with Crippen molar-refractivity contribution in [3.05, 3.63) is 41.2 Å². The van der Waals surface area contributed by atoms with Gasteiger partial charge in [-0.15, -0.1) is 15.3 Å². The lowest BCUT2D eigenvalue weighted by Crippen LogP contribution is -2.22. The van der Waals surface area contributed by atoms with Gasteiger partial charge in [0.05, 0.1) is 7.11 Å². The van der Waals surface area contributed by atoms with E-state index in [2.05, 4.69) is 20.6 Å². The van der Waals surface area contributed by atoms with Gasteiger partial charge < -0.3 is 10.1 Å². The zero-order valence-electron chi connectivity index (χ0n) is 10.6. The van der Waals surface area contributed by atoms with E-state index in [0.29, 0.717) is 16.5 Å². The van der Waals surface area contributed by atoms with Gasteiger partial charge in [0.2, 0.25) is 9.97 Å². The van der Waals surface area contributed by atoms with Crippen LogP contribution in [0, 0.1) is 0 Å². The molecule has 1 N–H and O–H groups in total. The molecule has 20 heavy (non-hydrogen) atoms. The van der Waals surface area contributed by atoms with Crippen LogP contribution in [0.5, 0.6) is 5.75 Å². The summed E-state index contributed by atoms with van der Waals surface area (Å²) >= 11 is 1.20. The Morgan fingerprint density at radius 2 is 2.20 bits per heavy atom. The van der Waals surface area contributed by atoms with E-state index in [4.69, 9.17) is 4.74 Å². The maximum Gasteiger partial charge on any atom is 0.282 e. The monoisotopic (exact) mass is 289 g/mol. The topological polar surface area (TPSA) is 81.4 Å². The van der Waals surface area contributed by atoms with Gasteiger partial charge in [0, 0.05) is 6.54 Å². The minimum atomic E-state index is -0.226. The van der Waals surface area contributed by atoms with E-state index in [9.17, 15) is 4.79 Å². The van der Waals surface area contributed by atoms with Crippen molar-refractivity contribution in [3.63, 3.8) is 0 Å². The molecule has 0 aliphatic rings. The predicted octanol–water partition coefficient (Wildman–Crippen LogP) is 1.12. The summed E-state index contributed by atoms with van der Waals surface area (Å²) in [5.74, 6) is 0.560. The molecule has 0 radical (unpaired) electrons. The van der Waals surface area contributed by atoms with Crippen molar-refractivity contribution in [1.29, 1.82) is 0 Å². The van der Waals surface area contributed by atoms with Gasteiger partial charge in [-0.3, -0.25) is 4.79 Å². The average Bonchev–Trinajstić information content (AvgIpc) is 3.06. The molecule has 0 bridgehead atoms. The van der Waals surface area contributed by atoms with Crippen LogP contribution < -0.4 is 10.1 Å². The molecular formula is C12H11N5O2S. The van der Waals surface area contributed by atoms with Crippen molar-refractivity contribution in [3.8, 4) is 5.75 Å². The number of hydrogen-bond donors (Lipinski definition) is 1. The highest BCUT2D eigenvalue weighted by atomic mass is 32.1. The van der Waals surface area contributed by atoms with E-state index in [1.807, 2.05) is 24.3 Å². The van der Waals surface area contributed by atoms with Gasteiger partial charge >= 0.3 is 0 Å². The Bertz CT molecular complexity index is 705. The minimum Gasteiger partial charge on any atom is -0.497 e. The quantitative estimate of drug-likeness (QED) is 0.778. The number of benzene rings is 1. The number of methoxy groups -OCH3 is 1. The molecule has 1 aromatic carbocycles. The number of amides is 1. The maximum atomic E-state index is 12.0. The Hall–Kier alpha value is -2.48. The summed E-state index contributed by atoms with van der Waals surface area (Å²) in [4.78, 5) is 12.6. The van der Waals surface area contributed by atoms with Crippen LogP contribution in [-0.4, -0.2) is 32.8 Å². The third-order valence-electron chi connectivity index (χ3n) is 2.69. The molecule has 0 aliphatic carbocycles. The molecular weight excluding hydrogens is 278 g/mol. The molecule has 0 spiro atoms. The Labute approximate surface area is 118 Å². The number of aromatic nitrogens is 4. The van der Waals surface area contributed by atoms with E-state index in [1.165, 1.54) is 22.2 Å². The molecule has 0 fully saturated rings. The van der Waals surface area contributed by atoms with Crippen LogP contribution in [0.25, 0.3) is 4.96 Å². The molecule has 1 amide bonds. The van der Waals surface area contributed by atoms with Crippen molar-refractivity contribution >= 4 is 22.2 Å². The minimum absolute atomic E-state index is 0.226. The Morgan fingerprint density at radius 3 is 2.90 bits per heavy atom. The molecule has 3 aromatic rings. The number of carbonyl (C=O) groups is 1. The standard InChI is InChI=1S/C12H11N5O2S/c1-19-9-4-2-8(3-5-9)6-13-10(18)11-16-17-7-14-15-12(17)20-11/h2-5,7H,6H2,1H3,(H,13,18). The molecule has 102 valence electrons. The summed E-state index contributed by atoms with van der Waals surface area (Å²) in [5, 5.41) is 14.8. The summed E-state index contributed by atoms with van der Waals surface area (Å²) in [5.41, 5.74) is 0.988. The summed E-state index contributed by atoms with van der Waals surface area (Å²) in [7, 11) is 1.62. The van der Waals surface area contributed by atoms with Gasteiger partial charge in [-0.05, 0) is 17.7 Å². The van der Waals surface area contributed by atoms with Crippen LogP contribution in [0.4, 0.5) is 0 Å². The van der Waals surface area contributed by atoms with E-state index < -0.39 is 0 Å². The lowest BCUT2D eigenvalue weighted by Gasteiger charge is -2.04. The fourth-order valence-corrected chi connectivity index (χ4v) is 2.39. The third kappa shape index (κ3) is 2.45. The average molecular weight is 289 g/mol. The first kappa shape index (κ1) is 12.5. The van der Waals surface area contributed by atoms with E-state index >= 15 is 0 Å². The number of nitrogens with zero attached hydrogens (tertiary/aromatic N) is 4. The lowest BCUT2D eigenvalue weighted by molar-refractivity contribution is 0.0949. The van der Waals surface area contributed by atoms with Gasteiger partial charge in [0.1, 0.15) is 12.1 Å². The first-order valence-corrected chi connectivity index (χ1v) is 6.66. The number of ether oxygens (including phenoxy) is 1. The normalized spacial score (nSPS) is 10.7. The van der Waals surface area contributed by atoms with Crippen LogP contribution >= 0.6 is 11.3 Å². The fourth-order valence-electron chi connectivity index (χ4n) is 1.65. The Morgan fingerprint density at radius 1 is 1.40 bits per heavy atom. The van der Waals surface area contributed by atoms with Crippen molar-refractivity contribution in [2.24, 2.45) is 0 Å². The molecule has 8 heteroatoms. The first-order chi connectivity index (χ1) is 9.76. The fraction of sp³-hybridized carbons (Fsp3) is 0.167. The molecule has 0 unspecified atom stereocenters. The number of rotatable bonds is 4. The summed E-state index contributed by atoms with van der Waals surface area (Å²) in [6.07, 6.45) is 1.46. The van der Waals surface area contributed by atoms with Gasteiger partial charge in [-0.1, -0.05) is 23.5 Å². The SMILES string of the molecule is COc1ccc(CNC(=O)c2nn3cnnc3s2)cc1. The van der Waals surface area contributed by atoms with E-state index in [-0.39, 0.29) is 5.91 Å². The summed E-state index contributed by atoms with van der Waals surface area (Å²) in [6.45, 7) is 0.434. The second-order valence-electron chi connectivity index (χ2n) is 4.00. The number of carbonyl (C=O) groups excluding carboxylic acids is 1. The molecule has 2 heterocycles. The number of hydrogen-bond acceptors (Lipinski definition) is 6. The smallest absolute Gasteiger partial charge is 0.282 e. The van der Waals surface area contributed by atoms with Crippen LogP contribution in [-0.2, 0) is 6.54 Å². The Balaban J connectivity index is 1.65. The van der Waals surface area contributed by atoms with E-state index in [0.717, 1.165) is 11.3 Å². The van der Waals surface area contributed by atoms with Crippen LogP contribution in [0.1, 0.15) is 15.4 Å². The highest BCUT2D eigenvalue weighted by molar-refractivity contribution is 7.18. The van der Waals surface area contributed by atoms with Gasteiger partial charge in [0.15, 0.2) is 0 Å². The maximum absolute atomic E-state index is 12.0. The molecule has 3 rings (SSSR count). The molecule has 7 nitrogen and oxygen atoms in total. The van der Waals surface area contributed by atoms with Crippen LogP contribution in [0.15, 0.2) is 30.6 Å². The zero-order chi connectivity index (χ0) is 13.9. The van der Waals surface area contributed by atoms with Crippen molar-refractivity contribution in [2.45, 2.75) is 6.54 Å². The van der Waals surface area contributed by atoms with Crippen molar-refractivity contribution < 1.29 is 9.53 Å². The molecule has 2 aromatic heterocycles. The summed E-state index contributed by atoms with van der Waals surface area (Å²) in [6, 6.07) is 7.50. The van der Waals surface area contributed by atoms with Crippen LogP contribution in [0.3, 0.4) is 0 Å². The predicted molar refractivity (Wildman–Crippen MR) is 72.8 cm³/mol. The van der Waals surface area contributed by atoms with Gasteiger partial charge in [-0.25, -0.2) is 0 Å². The van der Waals surface area contributed by atoms with Crippen LogP contribution in [0.2, 0.25) is 0 Å². The van der Waals surface area contributed by atoms with Crippen molar-refractivity contribution in [2.75, 3.05) is 7.11 Å². The molecule has 0 saturated carbocycles. The van der Waals surface area contributed by atoms with E-state index in [1.54, 1.807) is 7.11 Å². The van der Waals surface area contributed by atoms with Gasteiger partial charge in [0.25, 0.3) is 5.91 Å². The largest absolute Gasteiger partial charge is 0.497 e. The molecule has 0 aliphatic heterocycles. The van der Waals surface area contributed by atoms with Gasteiger partial charge in [-0.2, -0.15) is 4.52 Å². The lowest BCUT2D eigenvalue weighted by atomic mass is 10.2. The summed E-state index contributed by atoms with van der Waals surface area (Å²) < 4.78 is 6.56. The highest BCUT2D eigenvalue weighted by Crippen LogP contribution is 2.13. The first-order valence-electron chi connectivity index (χ1n) is 5.84. The third-order valence-corrected chi connectivity index (χ3v) is 3.60. The second kappa shape index (κ2) is 5.25. The Kier molecular flexibility index (Phi) is 3.30.